The summed E-state index contributed by atoms with van der Waals surface area (Å²) in [5, 5.41) is 8.75. The molecule has 102 valence electrons. The molecule has 1 N–H and O–H groups in total. The van der Waals surface area contributed by atoms with E-state index in [1.807, 2.05) is 0 Å². The third-order valence-electron chi connectivity index (χ3n) is 3.16. The number of benzene rings is 1. The molecule has 2 rings (SSSR count). The minimum Gasteiger partial charge on any atom is -0.481 e. The number of aliphatic carboxylic acids is 1. The number of carbonyl (C=O) groups is 2. The first kappa shape index (κ1) is 13.3. The Balaban J connectivity index is 1.87. The monoisotopic (exact) mass is 266 g/mol. The fourth-order valence-corrected chi connectivity index (χ4v) is 1.96. The number of carboxylic acids is 1. The van der Waals surface area contributed by atoms with Crippen LogP contribution in [0.15, 0.2) is 24.3 Å². The molecule has 0 bridgehead atoms. The van der Waals surface area contributed by atoms with Crippen molar-refractivity contribution in [2.45, 2.75) is 6.54 Å². The van der Waals surface area contributed by atoms with Gasteiger partial charge in [0.05, 0.1) is 5.92 Å². The lowest BCUT2D eigenvalue weighted by atomic mass is 10.0. The Morgan fingerprint density at radius 2 is 1.95 bits per heavy atom. The van der Waals surface area contributed by atoms with Gasteiger partial charge in [-0.05, 0) is 17.7 Å². The maximum absolute atomic E-state index is 12.7. The Labute approximate surface area is 110 Å². The highest BCUT2D eigenvalue weighted by atomic mass is 19.1. The van der Waals surface area contributed by atoms with E-state index < -0.39 is 11.9 Å². The Hall–Kier alpha value is -2.11. The van der Waals surface area contributed by atoms with E-state index in [-0.39, 0.29) is 24.9 Å². The fraction of sp³-hybridized carbons (Fsp3) is 0.385. The molecule has 1 aliphatic heterocycles. The summed E-state index contributed by atoms with van der Waals surface area (Å²) >= 11 is 0. The van der Waals surface area contributed by atoms with Crippen molar-refractivity contribution in [2.75, 3.05) is 20.1 Å². The maximum atomic E-state index is 12.7. The molecule has 0 aliphatic carbocycles. The van der Waals surface area contributed by atoms with E-state index in [1.54, 1.807) is 19.2 Å². The number of amides is 2. The van der Waals surface area contributed by atoms with Gasteiger partial charge in [-0.25, -0.2) is 9.18 Å². The van der Waals surface area contributed by atoms with Gasteiger partial charge < -0.3 is 14.9 Å². The van der Waals surface area contributed by atoms with Gasteiger partial charge in [0.2, 0.25) is 0 Å². The molecule has 1 fully saturated rings. The van der Waals surface area contributed by atoms with Crippen molar-refractivity contribution in [3.8, 4) is 0 Å². The van der Waals surface area contributed by atoms with Crippen LogP contribution in [0.2, 0.25) is 0 Å². The number of hydrogen-bond donors (Lipinski definition) is 1. The molecule has 5 nitrogen and oxygen atoms in total. The van der Waals surface area contributed by atoms with Crippen molar-refractivity contribution >= 4 is 12.0 Å². The van der Waals surface area contributed by atoms with Crippen LogP contribution in [0.1, 0.15) is 5.56 Å². The fourth-order valence-electron chi connectivity index (χ4n) is 1.96. The Morgan fingerprint density at radius 1 is 1.37 bits per heavy atom. The summed E-state index contributed by atoms with van der Waals surface area (Å²) in [6, 6.07) is 5.72. The predicted molar refractivity (Wildman–Crippen MR) is 66.0 cm³/mol. The van der Waals surface area contributed by atoms with Gasteiger partial charge in [-0.1, -0.05) is 12.1 Å². The Kier molecular flexibility index (Phi) is 3.69. The largest absolute Gasteiger partial charge is 0.481 e. The standard InChI is InChI=1S/C13H15FN2O3/c1-15(6-9-2-4-11(14)5-3-9)13(19)16-7-10(8-16)12(17)18/h2-5,10H,6-8H2,1H3,(H,17,18). The van der Waals surface area contributed by atoms with E-state index in [2.05, 4.69) is 0 Å². The van der Waals surface area contributed by atoms with Crippen molar-refractivity contribution in [1.82, 2.24) is 9.80 Å². The molecule has 1 aromatic rings. The number of carbonyl (C=O) groups excluding carboxylic acids is 1. The van der Waals surface area contributed by atoms with E-state index in [1.165, 1.54) is 21.9 Å². The minimum absolute atomic E-state index is 0.207. The van der Waals surface area contributed by atoms with Crippen molar-refractivity contribution < 1.29 is 19.1 Å². The summed E-state index contributed by atoms with van der Waals surface area (Å²) in [5.74, 6) is -1.64. The summed E-state index contributed by atoms with van der Waals surface area (Å²) in [5.41, 5.74) is 0.826. The highest BCUT2D eigenvalue weighted by Crippen LogP contribution is 2.18. The van der Waals surface area contributed by atoms with Gasteiger partial charge in [-0.15, -0.1) is 0 Å². The average Bonchev–Trinajstić information content (AvgIpc) is 2.29. The lowest BCUT2D eigenvalue weighted by Gasteiger charge is -2.39. The summed E-state index contributed by atoms with van der Waals surface area (Å²) < 4.78 is 12.7. The van der Waals surface area contributed by atoms with Gasteiger partial charge in [0.15, 0.2) is 0 Å². The van der Waals surface area contributed by atoms with Crippen LogP contribution in [0.5, 0.6) is 0 Å². The van der Waals surface area contributed by atoms with Gasteiger partial charge >= 0.3 is 12.0 Å². The Morgan fingerprint density at radius 3 is 2.47 bits per heavy atom. The topological polar surface area (TPSA) is 60.9 Å². The van der Waals surface area contributed by atoms with Gasteiger partial charge in [0, 0.05) is 26.7 Å². The number of halogens is 1. The number of carboxylic acid groups (broad SMARTS) is 1. The van der Waals surface area contributed by atoms with Crippen LogP contribution in [-0.4, -0.2) is 47.0 Å². The molecule has 0 aromatic heterocycles. The molecule has 19 heavy (non-hydrogen) atoms. The molecule has 1 heterocycles. The Bertz CT molecular complexity index is 483. The van der Waals surface area contributed by atoms with Crippen LogP contribution in [0.4, 0.5) is 9.18 Å². The lowest BCUT2D eigenvalue weighted by molar-refractivity contribution is -0.146. The van der Waals surface area contributed by atoms with Gasteiger partial charge in [0.1, 0.15) is 5.82 Å². The SMILES string of the molecule is CN(Cc1ccc(F)cc1)C(=O)N1CC(C(=O)O)C1. The molecule has 1 aliphatic rings. The number of urea groups is 1. The summed E-state index contributed by atoms with van der Waals surface area (Å²) in [6.07, 6.45) is 0. The average molecular weight is 266 g/mol. The summed E-state index contributed by atoms with van der Waals surface area (Å²) in [7, 11) is 1.64. The van der Waals surface area contributed by atoms with Crippen molar-refractivity contribution in [2.24, 2.45) is 5.92 Å². The second-order valence-electron chi connectivity index (χ2n) is 4.71. The molecule has 0 radical (unpaired) electrons. The molecular formula is C13H15FN2O3. The molecule has 0 unspecified atom stereocenters. The van der Waals surface area contributed by atoms with E-state index in [9.17, 15) is 14.0 Å². The molecule has 6 heteroatoms. The molecular weight excluding hydrogens is 251 g/mol. The first-order valence-electron chi connectivity index (χ1n) is 5.94. The molecule has 1 aromatic carbocycles. The van der Waals surface area contributed by atoms with Gasteiger partial charge in [-0.3, -0.25) is 4.79 Å². The summed E-state index contributed by atoms with van der Waals surface area (Å²) in [4.78, 5) is 25.6. The van der Waals surface area contributed by atoms with E-state index >= 15 is 0 Å². The zero-order valence-electron chi connectivity index (χ0n) is 10.5. The summed E-state index contributed by atoms with van der Waals surface area (Å²) in [6.45, 7) is 0.872. The van der Waals surface area contributed by atoms with Gasteiger partial charge in [0.25, 0.3) is 0 Å². The number of likely N-dealkylation sites (tertiary alicyclic amines) is 1. The molecule has 0 atom stereocenters. The van der Waals surface area contributed by atoms with Crippen LogP contribution < -0.4 is 0 Å². The number of hydrogen-bond acceptors (Lipinski definition) is 2. The zero-order chi connectivity index (χ0) is 14.0. The van der Waals surface area contributed by atoms with Crippen molar-refractivity contribution in [3.63, 3.8) is 0 Å². The molecule has 0 saturated carbocycles. The van der Waals surface area contributed by atoms with Gasteiger partial charge in [-0.2, -0.15) is 0 Å². The highest BCUT2D eigenvalue weighted by molar-refractivity contribution is 5.79. The normalized spacial score (nSPS) is 14.9. The molecule has 2 amide bonds. The maximum Gasteiger partial charge on any atom is 0.320 e. The van der Waals surface area contributed by atoms with E-state index in [0.717, 1.165) is 5.56 Å². The first-order valence-corrected chi connectivity index (χ1v) is 5.94. The van der Waals surface area contributed by atoms with Crippen LogP contribution in [0.3, 0.4) is 0 Å². The van der Waals surface area contributed by atoms with Crippen LogP contribution in [0, 0.1) is 11.7 Å². The second kappa shape index (κ2) is 5.26. The van der Waals surface area contributed by atoms with E-state index in [4.69, 9.17) is 5.11 Å². The van der Waals surface area contributed by atoms with Crippen LogP contribution >= 0.6 is 0 Å². The van der Waals surface area contributed by atoms with Crippen LogP contribution in [-0.2, 0) is 11.3 Å². The second-order valence-corrected chi connectivity index (χ2v) is 4.71. The minimum atomic E-state index is -0.870. The van der Waals surface area contributed by atoms with Crippen molar-refractivity contribution in [3.05, 3.63) is 35.6 Å². The molecule has 1 saturated heterocycles. The highest BCUT2D eigenvalue weighted by Gasteiger charge is 2.36. The first-order chi connectivity index (χ1) is 8.97. The molecule has 0 spiro atoms. The number of nitrogens with zero attached hydrogens (tertiary/aromatic N) is 2. The quantitative estimate of drug-likeness (QED) is 0.899. The zero-order valence-corrected chi connectivity index (χ0v) is 10.5. The third-order valence-corrected chi connectivity index (χ3v) is 3.16. The lowest BCUT2D eigenvalue weighted by Crippen LogP contribution is -2.56. The van der Waals surface area contributed by atoms with E-state index in [0.29, 0.717) is 6.54 Å². The predicted octanol–water partition coefficient (Wildman–Crippen LogP) is 1.39. The third kappa shape index (κ3) is 3.01. The van der Waals surface area contributed by atoms with Crippen molar-refractivity contribution in [1.29, 1.82) is 0 Å². The number of rotatable bonds is 3. The smallest absolute Gasteiger partial charge is 0.320 e. The van der Waals surface area contributed by atoms with Crippen LogP contribution in [0.25, 0.3) is 0 Å².